The van der Waals surface area contributed by atoms with Gasteiger partial charge in [-0.2, -0.15) is 0 Å². The molecule has 2 aliphatic heterocycles. The van der Waals surface area contributed by atoms with E-state index in [0.29, 0.717) is 18.0 Å². The highest BCUT2D eigenvalue weighted by molar-refractivity contribution is 5.83. The molecule has 6 rings (SSSR count). The zero-order valence-corrected chi connectivity index (χ0v) is 15.3. The van der Waals surface area contributed by atoms with Gasteiger partial charge in [-0.1, -0.05) is 0 Å². The molecule has 27 heavy (non-hydrogen) atoms. The normalized spacial score (nSPS) is 26.0. The van der Waals surface area contributed by atoms with E-state index in [2.05, 4.69) is 15.2 Å². The quantitative estimate of drug-likeness (QED) is 0.906. The third-order valence-corrected chi connectivity index (χ3v) is 6.33. The van der Waals surface area contributed by atoms with Gasteiger partial charge in [-0.25, -0.2) is 9.97 Å². The predicted molar refractivity (Wildman–Crippen MR) is 101 cm³/mol. The molecular weight excluding hydrogens is 338 g/mol. The third-order valence-electron chi connectivity index (χ3n) is 6.33. The zero-order valence-electron chi connectivity index (χ0n) is 15.3. The van der Waals surface area contributed by atoms with Gasteiger partial charge in [0.15, 0.2) is 5.82 Å². The van der Waals surface area contributed by atoms with Gasteiger partial charge < -0.3 is 10.2 Å². The second-order valence-corrected chi connectivity index (χ2v) is 8.38. The number of nitrogens with zero attached hydrogens (tertiary/aromatic N) is 4. The number of hydrogen-bond acceptors (Lipinski definition) is 5. The number of aromatic nitrogens is 3. The molecule has 2 aromatic rings. The second-order valence-electron chi connectivity index (χ2n) is 8.38. The first-order valence-corrected chi connectivity index (χ1v) is 10.2. The summed E-state index contributed by atoms with van der Waals surface area (Å²) >= 11 is 0. The molecule has 3 fully saturated rings. The molecule has 2 aliphatic carbocycles. The Morgan fingerprint density at radius 2 is 1.85 bits per heavy atom. The van der Waals surface area contributed by atoms with E-state index in [-0.39, 0.29) is 12.0 Å². The van der Waals surface area contributed by atoms with Crippen molar-refractivity contribution < 1.29 is 4.79 Å². The van der Waals surface area contributed by atoms with Gasteiger partial charge in [-0.15, -0.1) is 0 Å². The summed E-state index contributed by atoms with van der Waals surface area (Å²) in [4.78, 5) is 29.1. The van der Waals surface area contributed by atoms with E-state index in [1.165, 1.54) is 18.4 Å². The largest absolute Gasteiger partial charge is 0.367 e. The van der Waals surface area contributed by atoms with Crippen LogP contribution >= 0.6 is 0 Å². The average Bonchev–Trinajstić information content (AvgIpc) is 3.60. The molecule has 1 amide bonds. The minimum absolute atomic E-state index is 0.152. The minimum Gasteiger partial charge on any atom is -0.367 e. The van der Waals surface area contributed by atoms with Gasteiger partial charge >= 0.3 is 0 Å². The summed E-state index contributed by atoms with van der Waals surface area (Å²) in [7, 11) is 0. The molecule has 1 saturated heterocycles. The van der Waals surface area contributed by atoms with E-state index in [0.717, 1.165) is 55.0 Å². The number of rotatable bonds is 4. The van der Waals surface area contributed by atoms with Crippen molar-refractivity contribution in [3.63, 3.8) is 0 Å². The summed E-state index contributed by atoms with van der Waals surface area (Å²) in [5.41, 5.74) is 3.31. The number of amides is 1. The van der Waals surface area contributed by atoms with E-state index in [9.17, 15) is 4.79 Å². The van der Waals surface area contributed by atoms with Crippen LogP contribution < -0.4 is 5.32 Å². The number of pyridine rings is 1. The van der Waals surface area contributed by atoms with E-state index < -0.39 is 0 Å². The van der Waals surface area contributed by atoms with Gasteiger partial charge in [0.05, 0.1) is 11.7 Å². The summed E-state index contributed by atoms with van der Waals surface area (Å²) in [6, 6.07) is 4.90. The van der Waals surface area contributed by atoms with Gasteiger partial charge in [0.25, 0.3) is 0 Å². The van der Waals surface area contributed by atoms with Gasteiger partial charge in [-0.05, 0) is 50.7 Å². The molecule has 0 unspecified atom stereocenters. The molecule has 2 saturated carbocycles. The van der Waals surface area contributed by atoms with E-state index in [1.54, 1.807) is 12.4 Å². The number of carbonyl (C=O) groups excluding carboxylic acids is 1. The number of anilines is 1. The highest BCUT2D eigenvalue weighted by atomic mass is 16.2. The van der Waals surface area contributed by atoms with Gasteiger partial charge in [-0.3, -0.25) is 9.78 Å². The van der Waals surface area contributed by atoms with E-state index in [4.69, 9.17) is 9.97 Å². The molecular formula is C21H23N5O. The van der Waals surface area contributed by atoms with Crippen molar-refractivity contribution in [1.29, 1.82) is 0 Å². The molecule has 1 N–H and O–H groups in total. The lowest BCUT2D eigenvalue weighted by atomic mass is 9.96. The molecule has 0 spiro atoms. The van der Waals surface area contributed by atoms with E-state index >= 15 is 0 Å². The Kier molecular flexibility index (Phi) is 3.31. The van der Waals surface area contributed by atoms with Crippen molar-refractivity contribution in [2.45, 2.75) is 63.1 Å². The van der Waals surface area contributed by atoms with Crippen LogP contribution in [0, 0.1) is 5.92 Å². The summed E-state index contributed by atoms with van der Waals surface area (Å²) < 4.78 is 0. The molecule has 6 nitrogen and oxygen atoms in total. The first kappa shape index (κ1) is 15.5. The fourth-order valence-corrected chi connectivity index (χ4v) is 4.65. The summed E-state index contributed by atoms with van der Waals surface area (Å²) in [5, 5.41) is 3.64. The lowest BCUT2D eigenvalue weighted by Gasteiger charge is -2.37. The SMILES string of the molecule is O=C(C1CC1)N1[C@@H]2CC[C@@H]1c1c(nc(-c3ccncc3)nc1NC1CC1)C2. The number of hydrogen-bond donors (Lipinski definition) is 1. The third kappa shape index (κ3) is 2.61. The second kappa shape index (κ2) is 5.75. The van der Waals surface area contributed by atoms with E-state index in [1.807, 2.05) is 12.1 Å². The highest BCUT2D eigenvalue weighted by Crippen LogP contribution is 2.49. The molecule has 4 aliphatic rings. The first-order valence-electron chi connectivity index (χ1n) is 10.2. The van der Waals surface area contributed by atoms with Gasteiger partial charge in [0.2, 0.25) is 5.91 Å². The fourth-order valence-electron chi connectivity index (χ4n) is 4.65. The van der Waals surface area contributed by atoms with Gasteiger partial charge in [0, 0.05) is 47.9 Å². The predicted octanol–water partition coefficient (Wildman–Crippen LogP) is 3.11. The smallest absolute Gasteiger partial charge is 0.226 e. The lowest BCUT2D eigenvalue weighted by Crippen LogP contribution is -2.43. The topological polar surface area (TPSA) is 71.0 Å². The van der Waals surface area contributed by atoms with Crippen LogP contribution in [0.25, 0.3) is 11.4 Å². The average molecular weight is 361 g/mol. The monoisotopic (exact) mass is 361 g/mol. The Labute approximate surface area is 158 Å². The minimum atomic E-state index is 0.152. The Balaban J connectivity index is 1.45. The number of carbonyl (C=O) groups is 1. The molecule has 138 valence electrons. The molecule has 4 heterocycles. The first-order chi connectivity index (χ1) is 13.3. The van der Waals surface area contributed by atoms with Crippen LogP contribution in [-0.2, 0) is 11.2 Å². The Bertz CT molecular complexity index is 906. The Morgan fingerprint density at radius 1 is 1.04 bits per heavy atom. The van der Waals surface area contributed by atoms with Crippen LogP contribution in [0.2, 0.25) is 0 Å². The zero-order chi connectivity index (χ0) is 18.0. The molecule has 2 atom stereocenters. The van der Waals surface area contributed by atoms with Crippen molar-refractivity contribution in [2.24, 2.45) is 5.92 Å². The maximum Gasteiger partial charge on any atom is 0.226 e. The molecule has 6 heteroatoms. The van der Waals surface area contributed by atoms with Crippen molar-refractivity contribution in [2.75, 3.05) is 5.32 Å². The number of nitrogens with one attached hydrogen (secondary N) is 1. The van der Waals surface area contributed by atoms with Crippen LogP contribution in [0.15, 0.2) is 24.5 Å². The Hall–Kier alpha value is -2.50. The van der Waals surface area contributed by atoms with Crippen molar-refractivity contribution >= 4 is 11.7 Å². The molecule has 2 aromatic heterocycles. The van der Waals surface area contributed by atoms with Crippen LogP contribution in [0.3, 0.4) is 0 Å². The standard InChI is InChI=1S/C21H23N5O/c27-21(13-1-2-13)26-15-5-6-17(26)18-16(11-15)24-19(12-7-9-22-10-8-12)25-20(18)23-14-3-4-14/h7-10,13-15,17H,1-6,11H2,(H,23,24,25)/t15-,17-/m1/s1. The van der Waals surface area contributed by atoms with Crippen LogP contribution in [0.4, 0.5) is 5.82 Å². The van der Waals surface area contributed by atoms with Gasteiger partial charge in [0.1, 0.15) is 5.82 Å². The maximum atomic E-state index is 12.9. The highest BCUT2D eigenvalue weighted by Gasteiger charge is 2.48. The summed E-state index contributed by atoms with van der Waals surface area (Å²) in [6.45, 7) is 0. The summed E-state index contributed by atoms with van der Waals surface area (Å²) in [6.07, 6.45) is 11.0. The van der Waals surface area contributed by atoms with Crippen LogP contribution in [0.5, 0.6) is 0 Å². The van der Waals surface area contributed by atoms with Crippen molar-refractivity contribution in [3.05, 3.63) is 35.8 Å². The van der Waals surface area contributed by atoms with Crippen molar-refractivity contribution in [3.8, 4) is 11.4 Å². The molecule has 0 radical (unpaired) electrons. The molecule has 0 aromatic carbocycles. The lowest BCUT2D eigenvalue weighted by molar-refractivity contribution is -0.136. The number of fused-ring (bicyclic) bond motifs is 4. The van der Waals surface area contributed by atoms with Crippen molar-refractivity contribution in [1.82, 2.24) is 19.9 Å². The van der Waals surface area contributed by atoms with Crippen LogP contribution in [0.1, 0.15) is 55.8 Å². The fraction of sp³-hybridized carbons (Fsp3) is 0.524. The molecule has 2 bridgehead atoms. The van der Waals surface area contributed by atoms with Crippen LogP contribution in [-0.4, -0.2) is 37.8 Å². The Morgan fingerprint density at radius 3 is 2.59 bits per heavy atom. The summed E-state index contributed by atoms with van der Waals surface area (Å²) in [5.74, 6) is 2.35. The maximum absolute atomic E-state index is 12.9.